The molecule has 10 heteroatoms. The van der Waals surface area contributed by atoms with Gasteiger partial charge in [0.25, 0.3) is 11.8 Å². The molecule has 4 amide bonds. The maximum Gasteiger partial charge on any atom is 0.410 e. The molecule has 1 aromatic rings. The molecule has 228 valence electrons. The highest BCUT2D eigenvalue weighted by atomic mass is 16.6. The first-order valence-corrected chi connectivity index (χ1v) is 14.8. The Hall–Kier alpha value is -3.30. The van der Waals surface area contributed by atoms with Gasteiger partial charge in [0.2, 0.25) is 5.91 Å². The Labute approximate surface area is 244 Å². The third-order valence-corrected chi connectivity index (χ3v) is 7.34. The Morgan fingerprint density at radius 2 is 1.90 bits per heavy atom. The summed E-state index contributed by atoms with van der Waals surface area (Å²) in [5.74, 6) is 0.0968. The number of nitrogens with zero attached hydrogens (tertiary/aromatic N) is 3. The molecule has 1 atom stereocenters. The van der Waals surface area contributed by atoms with Crippen LogP contribution in [0.25, 0.3) is 0 Å². The smallest absolute Gasteiger partial charge is 0.410 e. The second-order valence-electron chi connectivity index (χ2n) is 12.8. The number of carbonyl (C=O) groups is 4. The number of fused-ring (bicyclic) bond motifs is 1. The number of rotatable bonds is 8. The summed E-state index contributed by atoms with van der Waals surface area (Å²) < 4.78 is 11.7. The topological polar surface area (TPSA) is 108 Å². The van der Waals surface area contributed by atoms with Crippen molar-refractivity contribution in [2.75, 3.05) is 31.1 Å². The summed E-state index contributed by atoms with van der Waals surface area (Å²) in [4.78, 5) is 57.6. The van der Waals surface area contributed by atoms with Gasteiger partial charge in [-0.05, 0) is 99.3 Å². The summed E-state index contributed by atoms with van der Waals surface area (Å²) in [7, 11) is 0. The summed E-state index contributed by atoms with van der Waals surface area (Å²) in [5.41, 5.74) is 0.0796. The van der Waals surface area contributed by atoms with Gasteiger partial charge in [0.15, 0.2) is 5.60 Å². The van der Waals surface area contributed by atoms with Crippen molar-refractivity contribution in [3.8, 4) is 5.75 Å². The highest BCUT2D eigenvalue weighted by molar-refractivity contribution is 6.05. The average Bonchev–Trinajstić information content (AvgIpc) is 2.85. The van der Waals surface area contributed by atoms with Gasteiger partial charge in [-0.15, -0.1) is 0 Å². The van der Waals surface area contributed by atoms with Crippen LogP contribution in [0.3, 0.4) is 0 Å². The zero-order valence-electron chi connectivity index (χ0n) is 26.3. The fraction of sp³-hybridized carbons (Fsp3) is 0.677. The average molecular weight is 573 g/mol. The molecule has 0 unspecified atom stereocenters. The minimum Gasteiger partial charge on any atom is -0.476 e. The van der Waals surface area contributed by atoms with Gasteiger partial charge in [0, 0.05) is 44.2 Å². The highest BCUT2D eigenvalue weighted by Gasteiger charge is 2.42. The van der Waals surface area contributed by atoms with Crippen molar-refractivity contribution < 1.29 is 28.7 Å². The summed E-state index contributed by atoms with van der Waals surface area (Å²) >= 11 is 0. The van der Waals surface area contributed by atoms with Crippen LogP contribution in [0.5, 0.6) is 5.75 Å². The van der Waals surface area contributed by atoms with Gasteiger partial charge in [-0.3, -0.25) is 14.4 Å². The maximum atomic E-state index is 14.2. The molecule has 0 saturated carbocycles. The molecule has 0 spiro atoms. The number of anilines is 1. The molecule has 2 heterocycles. The molecule has 0 aromatic heterocycles. The van der Waals surface area contributed by atoms with Crippen molar-refractivity contribution >= 4 is 29.5 Å². The van der Waals surface area contributed by atoms with E-state index in [-0.39, 0.29) is 35.9 Å². The number of aryl methyl sites for hydroxylation is 1. The number of carbonyl (C=O) groups excluding carboxylic acids is 4. The Morgan fingerprint density at radius 3 is 2.51 bits per heavy atom. The van der Waals surface area contributed by atoms with Crippen LogP contribution in [-0.2, 0) is 14.3 Å². The van der Waals surface area contributed by atoms with Crippen molar-refractivity contribution in [1.82, 2.24) is 15.1 Å². The predicted molar refractivity (Wildman–Crippen MR) is 158 cm³/mol. The van der Waals surface area contributed by atoms with Crippen LogP contribution in [0, 0.1) is 6.92 Å². The van der Waals surface area contributed by atoms with E-state index in [1.807, 2.05) is 59.4 Å². The van der Waals surface area contributed by atoms with Crippen molar-refractivity contribution in [3.63, 3.8) is 0 Å². The van der Waals surface area contributed by atoms with Gasteiger partial charge < -0.3 is 29.5 Å². The highest BCUT2D eigenvalue weighted by Crippen LogP contribution is 2.40. The molecule has 3 rings (SSSR count). The van der Waals surface area contributed by atoms with Crippen molar-refractivity contribution in [1.29, 1.82) is 0 Å². The molecule has 0 aliphatic carbocycles. The first-order chi connectivity index (χ1) is 19.1. The van der Waals surface area contributed by atoms with E-state index >= 15 is 0 Å². The third-order valence-electron chi connectivity index (χ3n) is 7.34. The first kappa shape index (κ1) is 32.2. The van der Waals surface area contributed by atoms with Crippen LogP contribution in [-0.4, -0.2) is 83.1 Å². The normalized spacial score (nSPS) is 18.5. The van der Waals surface area contributed by atoms with E-state index in [2.05, 4.69) is 5.32 Å². The first-order valence-electron chi connectivity index (χ1n) is 14.8. The fourth-order valence-electron chi connectivity index (χ4n) is 5.49. The number of likely N-dealkylation sites (tertiary alicyclic amines) is 1. The molecule has 2 aliphatic heterocycles. The Balaban J connectivity index is 1.91. The number of hydrogen-bond donors (Lipinski definition) is 1. The van der Waals surface area contributed by atoms with Crippen LogP contribution < -0.4 is 15.0 Å². The molecule has 1 N–H and O–H groups in total. The van der Waals surface area contributed by atoms with Gasteiger partial charge in [-0.25, -0.2) is 4.79 Å². The van der Waals surface area contributed by atoms with Crippen molar-refractivity contribution in [3.05, 3.63) is 23.3 Å². The lowest BCUT2D eigenvalue weighted by atomic mass is 9.97. The lowest BCUT2D eigenvalue weighted by Gasteiger charge is -2.42. The molecule has 1 fully saturated rings. The van der Waals surface area contributed by atoms with Crippen LogP contribution in [0.1, 0.15) is 97.0 Å². The number of nitrogens with one attached hydrogen (secondary N) is 1. The number of ether oxygens (including phenoxy) is 2. The van der Waals surface area contributed by atoms with Gasteiger partial charge in [0.05, 0.1) is 11.7 Å². The summed E-state index contributed by atoms with van der Waals surface area (Å²) in [6.07, 6.45) is 1.94. The predicted octanol–water partition coefficient (Wildman–Crippen LogP) is 4.67. The number of piperidine rings is 1. The zero-order valence-corrected chi connectivity index (χ0v) is 26.3. The Bertz CT molecular complexity index is 1160. The van der Waals surface area contributed by atoms with E-state index in [9.17, 15) is 19.2 Å². The van der Waals surface area contributed by atoms with Crippen LogP contribution in [0.15, 0.2) is 12.1 Å². The summed E-state index contributed by atoms with van der Waals surface area (Å²) in [6.45, 7) is 18.5. The lowest BCUT2D eigenvalue weighted by molar-refractivity contribution is -0.132. The van der Waals surface area contributed by atoms with Gasteiger partial charge >= 0.3 is 6.09 Å². The van der Waals surface area contributed by atoms with E-state index < -0.39 is 11.2 Å². The molecular formula is C31H48N4O6. The SMILES string of the molecule is CCNC(=O)CCCN1C(=O)C(C)(C)Oc2cc(C)c(C(=O)N(C(C)C)[C@@H]3CCCN(C(=O)OC(C)(C)C)C3)cc21. The van der Waals surface area contributed by atoms with E-state index in [0.29, 0.717) is 56.0 Å². The minimum atomic E-state index is -1.08. The molecule has 2 aliphatic rings. The van der Waals surface area contributed by atoms with E-state index in [1.165, 1.54) is 0 Å². The summed E-state index contributed by atoms with van der Waals surface area (Å²) in [6, 6.07) is 3.27. The van der Waals surface area contributed by atoms with E-state index in [0.717, 1.165) is 18.4 Å². The number of hydrogen-bond acceptors (Lipinski definition) is 6. The Morgan fingerprint density at radius 1 is 1.22 bits per heavy atom. The lowest BCUT2D eigenvalue weighted by Crippen LogP contribution is -2.55. The van der Waals surface area contributed by atoms with Crippen LogP contribution in [0.2, 0.25) is 0 Å². The van der Waals surface area contributed by atoms with E-state index in [4.69, 9.17) is 9.47 Å². The molecule has 41 heavy (non-hydrogen) atoms. The quantitative estimate of drug-likeness (QED) is 0.485. The second-order valence-corrected chi connectivity index (χ2v) is 12.8. The Kier molecular flexibility index (Phi) is 9.98. The minimum absolute atomic E-state index is 0.0621. The van der Waals surface area contributed by atoms with Gasteiger partial charge in [-0.2, -0.15) is 0 Å². The molecule has 1 saturated heterocycles. The van der Waals surface area contributed by atoms with Crippen LogP contribution >= 0.6 is 0 Å². The molecule has 1 aromatic carbocycles. The van der Waals surface area contributed by atoms with Crippen molar-refractivity contribution in [2.45, 2.75) is 111 Å². The fourth-order valence-corrected chi connectivity index (χ4v) is 5.49. The van der Waals surface area contributed by atoms with Gasteiger partial charge in [-0.1, -0.05) is 0 Å². The van der Waals surface area contributed by atoms with E-state index in [1.54, 1.807) is 29.7 Å². The number of amides is 4. The standard InChI is InChI=1S/C31H48N4O6/c1-10-32-26(36)14-12-16-34-24-18-23(21(4)17-25(24)40-31(8,9)28(34)38)27(37)35(20(2)3)22-13-11-15-33(19-22)29(39)41-30(5,6)7/h17-18,20,22H,10-16,19H2,1-9H3,(H,32,36)/t22-/m1/s1. The maximum absolute atomic E-state index is 14.2. The second kappa shape index (κ2) is 12.7. The van der Waals surface area contributed by atoms with Gasteiger partial charge in [0.1, 0.15) is 11.4 Å². The van der Waals surface area contributed by atoms with Crippen LogP contribution in [0.4, 0.5) is 10.5 Å². The monoisotopic (exact) mass is 572 g/mol. The zero-order chi connectivity index (χ0) is 30.7. The largest absolute Gasteiger partial charge is 0.476 e. The third kappa shape index (κ3) is 7.71. The molecule has 10 nitrogen and oxygen atoms in total. The molecular weight excluding hydrogens is 524 g/mol. The number of benzene rings is 1. The van der Waals surface area contributed by atoms with Crippen molar-refractivity contribution in [2.24, 2.45) is 0 Å². The summed E-state index contributed by atoms with van der Waals surface area (Å²) in [5, 5.41) is 2.79. The molecule has 0 bridgehead atoms. The molecule has 0 radical (unpaired) electrons.